The Labute approximate surface area is 170 Å². The number of thioether (sulfide) groups is 1. The van der Waals surface area contributed by atoms with Gasteiger partial charge < -0.3 is 40.0 Å². The van der Waals surface area contributed by atoms with Crippen LogP contribution < -0.4 is 5.32 Å². The van der Waals surface area contributed by atoms with Crippen LogP contribution >= 0.6 is 11.8 Å². The van der Waals surface area contributed by atoms with Gasteiger partial charge in [0, 0.05) is 18.9 Å². The maximum atomic E-state index is 11.5. The Hall–Kier alpha value is -0.620. The number of ether oxygens (including phenoxy) is 3. The summed E-state index contributed by atoms with van der Waals surface area (Å²) in [6.07, 6.45) is -3.91. The molecule has 1 fully saturated rings. The molecule has 0 saturated carbocycles. The summed E-state index contributed by atoms with van der Waals surface area (Å²) in [7, 11) is 0. The molecule has 1 aliphatic rings. The summed E-state index contributed by atoms with van der Waals surface area (Å²) in [6, 6.07) is 0. The highest BCUT2D eigenvalue weighted by Gasteiger charge is 2.43. The van der Waals surface area contributed by atoms with Gasteiger partial charge in [-0.1, -0.05) is 6.42 Å². The van der Waals surface area contributed by atoms with Crippen molar-refractivity contribution in [2.45, 2.75) is 76.3 Å². The van der Waals surface area contributed by atoms with Crippen molar-refractivity contribution in [1.82, 2.24) is 5.32 Å². The number of hydrogen-bond acceptors (Lipinski definition) is 9. The van der Waals surface area contributed by atoms with E-state index in [2.05, 4.69) is 5.32 Å². The van der Waals surface area contributed by atoms with Crippen molar-refractivity contribution in [3.8, 4) is 0 Å². The van der Waals surface area contributed by atoms with E-state index in [1.54, 1.807) is 11.8 Å². The molecule has 0 spiro atoms. The monoisotopic (exact) mass is 425 g/mol. The van der Waals surface area contributed by atoms with E-state index in [0.717, 1.165) is 30.8 Å². The highest BCUT2D eigenvalue weighted by atomic mass is 32.2. The number of amides is 1. The van der Waals surface area contributed by atoms with Gasteiger partial charge in [0.2, 0.25) is 0 Å². The average molecular weight is 426 g/mol. The Kier molecular flexibility index (Phi) is 11.7. The van der Waals surface area contributed by atoms with Crippen LogP contribution in [0.4, 0.5) is 4.79 Å². The van der Waals surface area contributed by atoms with Gasteiger partial charge in [0.25, 0.3) is 0 Å². The first-order chi connectivity index (χ1) is 13.2. The molecular formula is C18H35NO8S. The summed E-state index contributed by atoms with van der Waals surface area (Å²) in [5.74, 6) is 1.76. The molecular weight excluding hydrogens is 390 g/mol. The van der Waals surface area contributed by atoms with Crippen LogP contribution in [0.5, 0.6) is 0 Å². The van der Waals surface area contributed by atoms with E-state index in [4.69, 9.17) is 19.3 Å². The van der Waals surface area contributed by atoms with Gasteiger partial charge in [-0.05, 0) is 39.4 Å². The second-order valence-corrected chi connectivity index (χ2v) is 8.89. The predicted molar refractivity (Wildman–Crippen MR) is 105 cm³/mol. The largest absolute Gasteiger partial charge is 0.444 e. The number of hydrogen-bond donors (Lipinski definition) is 5. The number of carbonyl (C=O) groups is 1. The van der Waals surface area contributed by atoms with Crippen LogP contribution in [-0.2, 0) is 14.2 Å². The zero-order chi connectivity index (χ0) is 21.2. The first-order valence-electron chi connectivity index (χ1n) is 9.62. The molecule has 1 saturated heterocycles. The van der Waals surface area contributed by atoms with Crippen LogP contribution in [0.1, 0.15) is 40.0 Å². The number of carbonyl (C=O) groups excluding carboxylic acids is 1. The lowest BCUT2D eigenvalue weighted by Gasteiger charge is -2.39. The molecule has 5 atom stereocenters. The quantitative estimate of drug-likeness (QED) is 0.295. The standard InChI is InChI=1S/C18H35NO8S/c1-18(2,3)27-17(24)19-7-10-28-9-6-4-5-8-25-16-15(23)14(22)13(21)12(11-20)26-16/h12-16,20-23H,4-11H2,1-3H3,(H,19,24)/t12-,13-,14+,15-,16-/m1/s1. The van der Waals surface area contributed by atoms with Gasteiger partial charge in [0.1, 0.15) is 30.0 Å². The first-order valence-corrected chi connectivity index (χ1v) is 10.8. The molecule has 0 aromatic carbocycles. The molecule has 0 bridgehead atoms. The van der Waals surface area contributed by atoms with Crippen molar-refractivity contribution in [1.29, 1.82) is 0 Å². The SMILES string of the molecule is CC(C)(C)OC(=O)NCCSCCCCCO[C@@H]1O[C@H](CO)[C@@H](O)[C@H](O)[C@H]1O. The van der Waals surface area contributed by atoms with E-state index in [-0.39, 0.29) is 0 Å². The number of nitrogens with one attached hydrogen (secondary N) is 1. The summed E-state index contributed by atoms with van der Waals surface area (Å²) < 4.78 is 15.9. The lowest BCUT2D eigenvalue weighted by atomic mass is 9.99. The summed E-state index contributed by atoms with van der Waals surface area (Å²) in [5.41, 5.74) is -0.491. The summed E-state index contributed by atoms with van der Waals surface area (Å²) >= 11 is 1.74. The number of alkyl carbamates (subject to hydrolysis) is 1. The molecule has 1 heterocycles. The van der Waals surface area contributed by atoms with Gasteiger partial charge in [-0.3, -0.25) is 0 Å². The lowest BCUT2D eigenvalue weighted by Crippen LogP contribution is -2.59. The summed E-state index contributed by atoms with van der Waals surface area (Å²) in [6.45, 7) is 5.89. The lowest BCUT2D eigenvalue weighted by molar-refractivity contribution is -0.301. The molecule has 1 rings (SSSR count). The Morgan fingerprint density at radius 1 is 1.07 bits per heavy atom. The van der Waals surface area contributed by atoms with Gasteiger partial charge in [-0.15, -0.1) is 0 Å². The molecule has 9 nitrogen and oxygen atoms in total. The molecule has 0 aromatic heterocycles. The van der Waals surface area contributed by atoms with E-state index in [9.17, 15) is 20.1 Å². The van der Waals surface area contributed by atoms with Crippen LogP contribution in [0.2, 0.25) is 0 Å². The third kappa shape index (κ3) is 9.73. The van der Waals surface area contributed by atoms with Crippen molar-refractivity contribution in [2.24, 2.45) is 0 Å². The van der Waals surface area contributed by atoms with Crippen LogP contribution in [-0.4, -0.2) is 94.1 Å². The third-order valence-electron chi connectivity index (χ3n) is 3.98. The van der Waals surface area contributed by atoms with Crippen molar-refractivity contribution in [2.75, 3.05) is 31.3 Å². The number of aliphatic hydroxyl groups excluding tert-OH is 4. The molecule has 1 amide bonds. The summed E-state index contributed by atoms with van der Waals surface area (Å²) in [5, 5.41) is 41.1. The van der Waals surface area contributed by atoms with Crippen molar-refractivity contribution >= 4 is 17.9 Å². The molecule has 28 heavy (non-hydrogen) atoms. The van der Waals surface area contributed by atoms with Crippen LogP contribution in [0, 0.1) is 0 Å². The Morgan fingerprint density at radius 2 is 1.79 bits per heavy atom. The molecule has 0 unspecified atom stereocenters. The van der Waals surface area contributed by atoms with E-state index in [1.807, 2.05) is 20.8 Å². The molecule has 0 radical (unpaired) electrons. The van der Waals surface area contributed by atoms with E-state index in [1.165, 1.54) is 0 Å². The van der Waals surface area contributed by atoms with Crippen molar-refractivity contribution in [3.63, 3.8) is 0 Å². The highest BCUT2D eigenvalue weighted by Crippen LogP contribution is 2.22. The molecule has 10 heteroatoms. The Morgan fingerprint density at radius 3 is 2.43 bits per heavy atom. The van der Waals surface area contributed by atoms with Crippen LogP contribution in [0.25, 0.3) is 0 Å². The van der Waals surface area contributed by atoms with Crippen molar-refractivity contribution in [3.05, 3.63) is 0 Å². The second kappa shape index (κ2) is 12.8. The van der Waals surface area contributed by atoms with Gasteiger partial charge in [-0.2, -0.15) is 11.8 Å². The first kappa shape index (κ1) is 25.4. The van der Waals surface area contributed by atoms with Gasteiger partial charge in [-0.25, -0.2) is 4.79 Å². The number of aliphatic hydroxyl groups is 4. The zero-order valence-corrected chi connectivity index (χ0v) is 17.7. The van der Waals surface area contributed by atoms with Crippen LogP contribution in [0.15, 0.2) is 0 Å². The van der Waals surface area contributed by atoms with E-state index in [0.29, 0.717) is 13.2 Å². The minimum Gasteiger partial charge on any atom is -0.444 e. The van der Waals surface area contributed by atoms with Crippen molar-refractivity contribution < 1.29 is 39.4 Å². The minimum absolute atomic E-state index is 0.341. The van der Waals surface area contributed by atoms with E-state index >= 15 is 0 Å². The fourth-order valence-electron chi connectivity index (χ4n) is 2.53. The second-order valence-electron chi connectivity index (χ2n) is 7.67. The molecule has 0 aliphatic carbocycles. The molecule has 0 aromatic rings. The maximum absolute atomic E-state index is 11.5. The highest BCUT2D eigenvalue weighted by molar-refractivity contribution is 7.99. The van der Waals surface area contributed by atoms with Gasteiger partial charge >= 0.3 is 6.09 Å². The Balaban J connectivity index is 2.01. The number of rotatable bonds is 11. The Bertz CT molecular complexity index is 446. The topological polar surface area (TPSA) is 138 Å². The van der Waals surface area contributed by atoms with E-state index < -0.39 is 49.0 Å². The fraction of sp³-hybridized carbons (Fsp3) is 0.944. The van der Waals surface area contributed by atoms with Gasteiger partial charge in [0.15, 0.2) is 6.29 Å². The predicted octanol–water partition coefficient (Wildman–Crippen LogP) is 0.231. The third-order valence-corrected chi connectivity index (χ3v) is 5.05. The number of unbranched alkanes of at least 4 members (excludes halogenated alkanes) is 2. The fourth-order valence-corrected chi connectivity index (χ4v) is 3.39. The smallest absolute Gasteiger partial charge is 0.407 e. The maximum Gasteiger partial charge on any atom is 0.407 e. The average Bonchev–Trinajstić information content (AvgIpc) is 2.61. The molecule has 166 valence electrons. The van der Waals surface area contributed by atoms with Crippen LogP contribution in [0.3, 0.4) is 0 Å². The normalized spacial score (nSPS) is 28.2. The zero-order valence-electron chi connectivity index (χ0n) is 16.9. The van der Waals surface area contributed by atoms with Gasteiger partial charge in [0.05, 0.1) is 6.61 Å². The minimum atomic E-state index is -1.42. The molecule has 1 aliphatic heterocycles. The summed E-state index contributed by atoms with van der Waals surface area (Å²) in [4.78, 5) is 11.5. The molecule has 5 N–H and O–H groups in total.